The van der Waals surface area contributed by atoms with Crippen molar-refractivity contribution in [1.82, 2.24) is 4.90 Å². The number of benzene rings is 2. The third-order valence-corrected chi connectivity index (χ3v) is 4.76. The molecule has 4 heteroatoms. The fourth-order valence-corrected chi connectivity index (χ4v) is 3.30. The zero-order chi connectivity index (χ0) is 16.9. The average molecular weight is 329 g/mol. The average Bonchev–Trinajstić information content (AvgIpc) is 2.61. The zero-order valence-electron chi connectivity index (χ0n) is 13.6. The first-order chi connectivity index (χ1) is 11.6. The zero-order valence-corrected chi connectivity index (χ0v) is 13.6. The number of carbonyl (C=O) groups is 1. The van der Waals surface area contributed by atoms with E-state index >= 15 is 0 Å². The Balaban J connectivity index is 1.54. The Morgan fingerprint density at radius 3 is 2.21 bits per heavy atom. The molecule has 2 aromatic rings. The lowest BCUT2D eigenvalue weighted by molar-refractivity contribution is 0.0677. The summed E-state index contributed by atoms with van der Waals surface area (Å²) in [6.07, 6.45) is 3.88. The predicted octanol–water partition coefficient (Wildman–Crippen LogP) is 4.45. The van der Waals surface area contributed by atoms with Gasteiger partial charge in [0.15, 0.2) is 0 Å². The molecule has 1 heterocycles. The highest BCUT2D eigenvalue weighted by molar-refractivity contribution is 5.94. The molecule has 2 nitrogen and oxygen atoms in total. The van der Waals surface area contributed by atoms with E-state index in [1.807, 2.05) is 18.2 Å². The Morgan fingerprint density at radius 1 is 0.958 bits per heavy atom. The van der Waals surface area contributed by atoms with E-state index in [4.69, 9.17) is 0 Å². The van der Waals surface area contributed by atoms with Crippen LogP contribution in [0.3, 0.4) is 0 Å². The summed E-state index contributed by atoms with van der Waals surface area (Å²) in [6.45, 7) is 1.12. The molecule has 126 valence electrons. The van der Waals surface area contributed by atoms with Gasteiger partial charge in [0.05, 0.1) is 0 Å². The standard InChI is InChI=1S/C20H21F2NO/c21-17-7-4-8-18(22)19(17)20(24)23-13-11-16(12-14-23)10-9-15-5-2-1-3-6-15/h1-8,16H,9-14H2. The quantitative estimate of drug-likeness (QED) is 0.811. The molecular formula is C20H21F2NO. The van der Waals surface area contributed by atoms with E-state index in [0.29, 0.717) is 19.0 Å². The molecule has 2 aromatic carbocycles. The second-order valence-electron chi connectivity index (χ2n) is 6.36. The van der Waals surface area contributed by atoms with Gasteiger partial charge in [-0.1, -0.05) is 36.4 Å². The van der Waals surface area contributed by atoms with Crippen molar-refractivity contribution in [3.63, 3.8) is 0 Å². The van der Waals surface area contributed by atoms with Crippen LogP contribution in [0.2, 0.25) is 0 Å². The Kier molecular flexibility index (Phi) is 5.24. The first-order valence-corrected chi connectivity index (χ1v) is 8.42. The van der Waals surface area contributed by atoms with Crippen molar-refractivity contribution < 1.29 is 13.6 Å². The monoisotopic (exact) mass is 329 g/mol. The summed E-state index contributed by atoms with van der Waals surface area (Å²) < 4.78 is 27.5. The lowest BCUT2D eigenvalue weighted by Gasteiger charge is -2.32. The van der Waals surface area contributed by atoms with Crippen molar-refractivity contribution in [2.45, 2.75) is 25.7 Å². The van der Waals surface area contributed by atoms with Crippen LogP contribution in [0.15, 0.2) is 48.5 Å². The molecule has 1 saturated heterocycles. The van der Waals surface area contributed by atoms with Crippen molar-refractivity contribution in [1.29, 1.82) is 0 Å². The van der Waals surface area contributed by atoms with Gasteiger partial charge in [-0.2, -0.15) is 0 Å². The van der Waals surface area contributed by atoms with Gasteiger partial charge in [0.2, 0.25) is 0 Å². The van der Waals surface area contributed by atoms with E-state index in [9.17, 15) is 13.6 Å². The van der Waals surface area contributed by atoms with E-state index in [-0.39, 0.29) is 0 Å². The minimum Gasteiger partial charge on any atom is -0.338 e. The Bertz CT molecular complexity index is 674. The molecule has 1 fully saturated rings. The number of piperidine rings is 1. The molecule has 0 N–H and O–H groups in total. The van der Waals surface area contributed by atoms with Gasteiger partial charge in [0, 0.05) is 13.1 Å². The molecule has 0 aromatic heterocycles. The molecule has 0 radical (unpaired) electrons. The normalized spacial score (nSPS) is 15.5. The van der Waals surface area contributed by atoms with Crippen LogP contribution in [-0.4, -0.2) is 23.9 Å². The molecule has 0 atom stereocenters. The Labute approximate surface area is 141 Å². The molecule has 0 unspecified atom stereocenters. The van der Waals surface area contributed by atoms with Crippen molar-refractivity contribution in [3.05, 3.63) is 71.3 Å². The third-order valence-electron chi connectivity index (χ3n) is 4.76. The molecule has 0 saturated carbocycles. The Hall–Kier alpha value is -2.23. The van der Waals surface area contributed by atoms with Crippen LogP contribution in [0.4, 0.5) is 8.78 Å². The van der Waals surface area contributed by atoms with E-state index in [0.717, 1.165) is 37.8 Å². The number of rotatable bonds is 4. The largest absolute Gasteiger partial charge is 0.338 e. The minimum atomic E-state index is -0.786. The van der Waals surface area contributed by atoms with Gasteiger partial charge >= 0.3 is 0 Å². The topological polar surface area (TPSA) is 20.3 Å². The minimum absolute atomic E-state index is 0.430. The third kappa shape index (κ3) is 3.81. The van der Waals surface area contributed by atoms with Crippen LogP contribution in [0, 0.1) is 17.6 Å². The molecule has 3 rings (SSSR count). The van der Waals surface area contributed by atoms with Gasteiger partial charge in [-0.3, -0.25) is 4.79 Å². The molecule has 0 spiro atoms. The summed E-state index contributed by atoms with van der Waals surface area (Å²) >= 11 is 0. The van der Waals surface area contributed by atoms with Crippen molar-refractivity contribution in [2.75, 3.05) is 13.1 Å². The fourth-order valence-electron chi connectivity index (χ4n) is 3.30. The number of hydrogen-bond donors (Lipinski definition) is 0. The van der Waals surface area contributed by atoms with Gasteiger partial charge in [-0.05, 0) is 49.3 Å². The smallest absolute Gasteiger partial charge is 0.259 e. The molecular weight excluding hydrogens is 308 g/mol. The van der Waals surface area contributed by atoms with E-state index in [2.05, 4.69) is 12.1 Å². The SMILES string of the molecule is O=C(c1c(F)cccc1F)N1CCC(CCc2ccccc2)CC1. The van der Waals surface area contributed by atoms with E-state index in [1.165, 1.54) is 11.6 Å². The van der Waals surface area contributed by atoms with Crippen LogP contribution in [-0.2, 0) is 6.42 Å². The molecule has 1 aliphatic rings. The molecule has 1 aliphatic heterocycles. The van der Waals surface area contributed by atoms with Crippen molar-refractivity contribution in [3.8, 4) is 0 Å². The number of halogens is 2. The highest BCUT2D eigenvalue weighted by Gasteiger charge is 2.27. The van der Waals surface area contributed by atoms with Crippen molar-refractivity contribution in [2.24, 2.45) is 5.92 Å². The summed E-state index contributed by atoms with van der Waals surface area (Å²) in [4.78, 5) is 13.9. The molecule has 24 heavy (non-hydrogen) atoms. The van der Waals surface area contributed by atoms with Crippen LogP contribution in [0.5, 0.6) is 0 Å². The summed E-state index contributed by atoms with van der Waals surface area (Å²) in [6, 6.07) is 13.9. The maximum Gasteiger partial charge on any atom is 0.259 e. The second-order valence-corrected chi connectivity index (χ2v) is 6.36. The summed E-state index contributed by atoms with van der Waals surface area (Å²) in [5, 5.41) is 0. The first-order valence-electron chi connectivity index (χ1n) is 8.42. The van der Waals surface area contributed by atoms with E-state index < -0.39 is 23.1 Å². The Morgan fingerprint density at radius 2 is 1.58 bits per heavy atom. The lowest BCUT2D eigenvalue weighted by atomic mass is 9.90. The number of carbonyl (C=O) groups excluding carboxylic acids is 1. The summed E-state index contributed by atoms with van der Waals surface area (Å²) in [7, 11) is 0. The summed E-state index contributed by atoms with van der Waals surface area (Å²) in [5.74, 6) is -1.55. The first kappa shape index (κ1) is 16.6. The maximum absolute atomic E-state index is 13.8. The predicted molar refractivity (Wildman–Crippen MR) is 89.7 cm³/mol. The molecule has 0 bridgehead atoms. The number of amides is 1. The van der Waals surface area contributed by atoms with Crippen LogP contribution in [0.1, 0.15) is 35.2 Å². The van der Waals surface area contributed by atoms with E-state index in [1.54, 1.807) is 4.90 Å². The van der Waals surface area contributed by atoms with Gasteiger partial charge in [0.25, 0.3) is 5.91 Å². The highest BCUT2D eigenvalue weighted by Crippen LogP contribution is 2.24. The number of likely N-dealkylation sites (tertiary alicyclic amines) is 1. The molecule has 0 aliphatic carbocycles. The fraction of sp³-hybridized carbons (Fsp3) is 0.350. The summed E-state index contributed by atoms with van der Waals surface area (Å²) in [5.41, 5.74) is 0.893. The van der Waals surface area contributed by atoms with Crippen LogP contribution < -0.4 is 0 Å². The van der Waals surface area contributed by atoms with Crippen LogP contribution >= 0.6 is 0 Å². The lowest BCUT2D eigenvalue weighted by Crippen LogP contribution is -2.39. The maximum atomic E-state index is 13.8. The highest BCUT2D eigenvalue weighted by atomic mass is 19.1. The van der Waals surface area contributed by atoms with Gasteiger partial charge in [-0.25, -0.2) is 8.78 Å². The van der Waals surface area contributed by atoms with Gasteiger partial charge < -0.3 is 4.90 Å². The van der Waals surface area contributed by atoms with Gasteiger partial charge in [0.1, 0.15) is 17.2 Å². The number of hydrogen-bond acceptors (Lipinski definition) is 1. The molecule has 1 amide bonds. The second kappa shape index (κ2) is 7.56. The number of nitrogens with zero attached hydrogens (tertiary/aromatic N) is 1. The van der Waals surface area contributed by atoms with Gasteiger partial charge in [-0.15, -0.1) is 0 Å². The van der Waals surface area contributed by atoms with Crippen LogP contribution in [0.25, 0.3) is 0 Å². The van der Waals surface area contributed by atoms with Crippen molar-refractivity contribution >= 4 is 5.91 Å². The number of aryl methyl sites for hydroxylation is 1.